The summed E-state index contributed by atoms with van der Waals surface area (Å²) < 4.78 is 14.0. The highest BCUT2D eigenvalue weighted by molar-refractivity contribution is 7.09. The number of allylic oxidation sites excluding steroid dienone is 3. The van der Waals surface area contributed by atoms with Crippen LogP contribution in [0, 0.1) is 0 Å². The van der Waals surface area contributed by atoms with E-state index in [9.17, 15) is 9.18 Å². The first-order valence-corrected chi connectivity index (χ1v) is 13.7. The van der Waals surface area contributed by atoms with E-state index in [2.05, 4.69) is 36.9 Å². The molecule has 204 valence electrons. The van der Waals surface area contributed by atoms with Crippen LogP contribution < -0.4 is 5.32 Å². The number of para-hydroxylation sites is 4. The Bertz CT molecular complexity index is 1560. The molecule has 2 aromatic carbocycles. The summed E-state index contributed by atoms with van der Waals surface area (Å²) in [5.74, 6) is 0.798. The molecule has 0 aliphatic rings. The number of H-pyrrole nitrogens is 2. The van der Waals surface area contributed by atoms with Crippen LogP contribution in [0.3, 0.4) is 0 Å². The van der Waals surface area contributed by atoms with E-state index in [0.29, 0.717) is 26.1 Å². The van der Waals surface area contributed by atoms with Gasteiger partial charge < -0.3 is 15.3 Å². The lowest BCUT2D eigenvalue weighted by Crippen LogP contribution is -2.27. The molecule has 0 saturated heterocycles. The van der Waals surface area contributed by atoms with E-state index >= 15 is 0 Å². The molecule has 0 bridgehead atoms. The van der Waals surface area contributed by atoms with Crippen molar-refractivity contribution < 1.29 is 9.18 Å². The Balaban J connectivity index is 1.26. The number of fused-ring (bicyclic) bond motifs is 2. The Hall–Kier alpha value is -4.48. The summed E-state index contributed by atoms with van der Waals surface area (Å²) in [5.41, 5.74) is 4.18. The summed E-state index contributed by atoms with van der Waals surface area (Å²) in [4.78, 5) is 39.3. The molecule has 0 spiro atoms. The molecule has 0 fully saturated rings. The van der Waals surface area contributed by atoms with Crippen LogP contribution in [0.25, 0.3) is 22.1 Å². The first kappa shape index (κ1) is 27.1. The highest BCUT2D eigenvalue weighted by atomic mass is 32.1. The van der Waals surface area contributed by atoms with Crippen LogP contribution in [0.2, 0.25) is 0 Å². The Kier molecular flexibility index (Phi) is 8.53. The number of hydrogen-bond acceptors (Lipinski definition) is 7. The predicted molar refractivity (Wildman–Crippen MR) is 157 cm³/mol. The fourth-order valence-electron chi connectivity index (χ4n) is 4.30. The van der Waals surface area contributed by atoms with Gasteiger partial charge in [0.1, 0.15) is 23.2 Å². The molecular weight excluding hydrogens is 527 g/mol. The lowest BCUT2D eigenvalue weighted by molar-refractivity contribution is 0.0952. The summed E-state index contributed by atoms with van der Waals surface area (Å²) in [6, 6.07) is 15.9. The largest absolute Gasteiger partial charge is 0.345 e. The van der Waals surface area contributed by atoms with Gasteiger partial charge in [-0.15, -0.1) is 11.3 Å². The highest BCUT2D eigenvalue weighted by Gasteiger charge is 2.16. The van der Waals surface area contributed by atoms with Gasteiger partial charge >= 0.3 is 0 Å². The SMILES string of the molecule is C=N/C(CNC(=O)c1csc(CCN(Cc2nc3ccccc3[nH]2)Cc2nc3ccccc3[nH]2)n1)=C(F)\C=C/C. The Morgan fingerprint density at radius 3 is 2.25 bits per heavy atom. The molecule has 3 N–H and O–H groups in total. The summed E-state index contributed by atoms with van der Waals surface area (Å²) in [5, 5.41) is 5.19. The average molecular weight is 557 g/mol. The number of rotatable bonds is 12. The van der Waals surface area contributed by atoms with Crippen LogP contribution in [0.4, 0.5) is 4.39 Å². The van der Waals surface area contributed by atoms with Crippen LogP contribution in [-0.2, 0) is 19.5 Å². The van der Waals surface area contributed by atoms with Crippen LogP contribution in [0.15, 0.2) is 82.6 Å². The number of carbonyl (C=O) groups excluding carboxylic acids is 1. The van der Waals surface area contributed by atoms with Gasteiger partial charge in [-0.3, -0.25) is 14.7 Å². The summed E-state index contributed by atoms with van der Waals surface area (Å²) in [6.45, 7) is 6.85. The fraction of sp³-hybridized carbons (Fsp3) is 0.207. The Morgan fingerprint density at radius 1 is 1.05 bits per heavy atom. The lowest BCUT2D eigenvalue weighted by atomic mass is 10.3. The van der Waals surface area contributed by atoms with E-state index < -0.39 is 11.7 Å². The van der Waals surface area contributed by atoms with E-state index in [-0.39, 0.29) is 17.9 Å². The van der Waals surface area contributed by atoms with E-state index in [1.807, 2.05) is 48.5 Å². The van der Waals surface area contributed by atoms with Gasteiger partial charge in [0.05, 0.1) is 52.4 Å². The standard InChI is InChI=1S/C29H29FN8OS/c1-3-8-19(30)24(31-2)15-32-29(39)25-18-40-28(37-25)13-14-38(16-26-33-20-9-4-5-10-21(20)34-26)17-27-35-22-11-6-7-12-23(22)36-27/h3-12,18H,2,13-17H2,1H3,(H,32,39)(H,33,34)(H,35,36)/b8-3-,24-19+. The van der Waals surface area contributed by atoms with Gasteiger partial charge in [0.25, 0.3) is 5.91 Å². The number of aromatic nitrogens is 5. The minimum Gasteiger partial charge on any atom is -0.345 e. The molecule has 3 heterocycles. The van der Waals surface area contributed by atoms with Gasteiger partial charge in [0.2, 0.25) is 0 Å². The number of hydrogen-bond donors (Lipinski definition) is 3. The summed E-state index contributed by atoms with van der Waals surface area (Å²) in [6.07, 6.45) is 3.47. The fourth-order valence-corrected chi connectivity index (χ4v) is 5.06. The molecule has 0 saturated carbocycles. The van der Waals surface area contributed by atoms with E-state index in [0.717, 1.165) is 38.7 Å². The Labute approximate surface area is 234 Å². The molecule has 1 amide bonds. The van der Waals surface area contributed by atoms with Crippen molar-refractivity contribution in [3.05, 3.63) is 99.9 Å². The number of nitrogens with one attached hydrogen (secondary N) is 3. The van der Waals surface area contributed by atoms with E-state index in [1.54, 1.807) is 18.4 Å². The zero-order valence-corrected chi connectivity index (χ0v) is 22.8. The van der Waals surface area contributed by atoms with Crippen molar-refractivity contribution >= 4 is 46.0 Å². The van der Waals surface area contributed by atoms with Crippen molar-refractivity contribution in [2.24, 2.45) is 4.99 Å². The average Bonchev–Trinajstić information content (AvgIpc) is 3.69. The molecule has 0 unspecified atom stereocenters. The maximum atomic E-state index is 14.0. The predicted octanol–water partition coefficient (Wildman–Crippen LogP) is 5.33. The minimum atomic E-state index is -0.536. The summed E-state index contributed by atoms with van der Waals surface area (Å²) >= 11 is 1.42. The van der Waals surface area contributed by atoms with Crippen LogP contribution in [-0.4, -0.2) is 55.5 Å². The molecule has 0 aliphatic heterocycles. The lowest BCUT2D eigenvalue weighted by Gasteiger charge is -2.19. The second-order valence-corrected chi connectivity index (χ2v) is 10.1. The monoisotopic (exact) mass is 556 g/mol. The second kappa shape index (κ2) is 12.6. The van der Waals surface area contributed by atoms with Crippen molar-refractivity contribution in [2.45, 2.75) is 26.4 Å². The number of amides is 1. The van der Waals surface area contributed by atoms with Crippen molar-refractivity contribution in [3.63, 3.8) is 0 Å². The molecule has 40 heavy (non-hydrogen) atoms. The maximum absolute atomic E-state index is 14.0. The van der Waals surface area contributed by atoms with Gasteiger partial charge in [0, 0.05) is 18.3 Å². The van der Waals surface area contributed by atoms with Gasteiger partial charge in [-0.2, -0.15) is 0 Å². The van der Waals surface area contributed by atoms with Crippen LogP contribution in [0.1, 0.15) is 34.1 Å². The molecule has 0 radical (unpaired) electrons. The summed E-state index contributed by atoms with van der Waals surface area (Å²) in [7, 11) is 0. The maximum Gasteiger partial charge on any atom is 0.271 e. The Morgan fingerprint density at radius 2 is 1.68 bits per heavy atom. The molecule has 5 aromatic rings. The van der Waals surface area contributed by atoms with Crippen molar-refractivity contribution in [3.8, 4) is 0 Å². The smallest absolute Gasteiger partial charge is 0.271 e. The molecule has 9 nitrogen and oxygen atoms in total. The van der Waals surface area contributed by atoms with Gasteiger partial charge in [0.15, 0.2) is 0 Å². The first-order valence-electron chi connectivity index (χ1n) is 12.8. The van der Waals surface area contributed by atoms with Crippen molar-refractivity contribution in [2.75, 3.05) is 13.1 Å². The molecule has 5 rings (SSSR count). The number of benzene rings is 2. The number of thiazole rings is 1. The van der Waals surface area contributed by atoms with E-state index in [1.165, 1.54) is 17.4 Å². The number of halogens is 1. The van der Waals surface area contributed by atoms with Gasteiger partial charge in [-0.1, -0.05) is 30.3 Å². The van der Waals surface area contributed by atoms with Crippen molar-refractivity contribution in [1.29, 1.82) is 0 Å². The van der Waals surface area contributed by atoms with Gasteiger partial charge in [-0.05, 0) is 44.0 Å². The van der Waals surface area contributed by atoms with Crippen LogP contribution in [0.5, 0.6) is 0 Å². The quantitative estimate of drug-likeness (QED) is 0.142. The first-order chi connectivity index (χ1) is 19.5. The number of aliphatic imine (C=N–C) groups is 1. The third kappa shape index (κ3) is 6.56. The third-order valence-corrected chi connectivity index (χ3v) is 7.15. The zero-order valence-electron chi connectivity index (χ0n) is 22.0. The molecule has 0 aliphatic carbocycles. The van der Waals surface area contributed by atoms with Crippen molar-refractivity contribution in [1.82, 2.24) is 35.1 Å². The second-order valence-electron chi connectivity index (χ2n) is 9.12. The molecule has 0 atom stereocenters. The zero-order chi connectivity index (χ0) is 27.9. The minimum absolute atomic E-state index is 0.0636. The number of imidazole rings is 2. The molecule has 11 heteroatoms. The third-order valence-electron chi connectivity index (χ3n) is 6.25. The number of aromatic amines is 2. The normalized spacial score (nSPS) is 12.5. The van der Waals surface area contributed by atoms with E-state index in [4.69, 9.17) is 9.97 Å². The highest BCUT2D eigenvalue weighted by Crippen LogP contribution is 2.17. The molecular formula is C29H29FN8OS. The van der Waals surface area contributed by atoms with Crippen LogP contribution >= 0.6 is 11.3 Å². The topological polar surface area (TPSA) is 115 Å². The molecule has 3 aromatic heterocycles. The number of carbonyl (C=O) groups is 1. The van der Waals surface area contributed by atoms with Gasteiger partial charge in [-0.25, -0.2) is 19.3 Å². The number of nitrogens with zero attached hydrogens (tertiary/aromatic N) is 5.